The van der Waals surface area contributed by atoms with E-state index in [9.17, 15) is 0 Å². The highest BCUT2D eigenvalue weighted by molar-refractivity contribution is 6.26. The molecule has 0 aliphatic carbocycles. The Morgan fingerprint density at radius 1 is 0.279 bits per heavy atom. The Morgan fingerprint density at radius 2 is 0.836 bits per heavy atom. The van der Waals surface area contributed by atoms with Gasteiger partial charge in [0, 0.05) is 50.0 Å². The Labute approximate surface area is 354 Å². The smallest absolute Gasteiger partial charge is 0.0641 e. The van der Waals surface area contributed by atoms with E-state index in [0.717, 1.165) is 28.4 Å². The standard InChI is InChI=1S/C58H39N3/c1-4-15-40(16-5-1)42-27-31-47(32-28-42)59(48-22-14-19-43(37-48)41-17-6-2-7-18-41)49-33-29-45-39-50(34-30-44(45)38-49)61-54-25-12-10-23-51(54)52-35-36-56-57(58(52)61)53-24-11-13-26-55(53)60(56)46-20-8-3-9-21-46/h1-39H. The molecule has 10 aromatic carbocycles. The molecule has 3 nitrogen and oxygen atoms in total. The maximum absolute atomic E-state index is 2.48. The van der Waals surface area contributed by atoms with Crippen LogP contribution in [0.15, 0.2) is 237 Å². The van der Waals surface area contributed by atoms with Crippen LogP contribution in [0.1, 0.15) is 0 Å². The molecule has 0 aliphatic heterocycles. The average molecular weight is 778 g/mol. The summed E-state index contributed by atoms with van der Waals surface area (Å²) in [4.78, 5) is 2.38. The van der Waals surface area contributed by atoms with Crippen molar-refractivity contribution in [2.75, 3.05) is 4.90 Å². The van der Waals surface area contributed by atoms with Crippen molar-refractivity contribution in [3.05, 3.63) is 237 Å². The first-order valence-electron chi connectivity index (χ1n) is 20.9. The van der Waals surface area contributed by atoms with Gasteiger partial charge in [0.1, 0.15) is 0 Å². The average Bonchev–Trinajstić information content (AvgIpc) is 3.86. The van der Waals surface area contributed by atoms with Crippen LogP contribution in [0.3, 0.4) is 0 Å². The Balaban J connectivity index is 1.03. The van der Waals surface area contributed by atoms with Gasteiger partial charge in [0.15, 0.2) is 0 Å². The lowest BCUT2D eigenvalue weighted by Gasteiger charge is -2.26. The van der Waals surface area contributed by atoms with Crippen molar-refractivity contribution in [1.82, 2.24) is 9.13 Å². The molecule has 286 valence electrons. The Bertz CT molecular complexity index is 3560. The lowest BCUT2D eigenvalue weighted by molar-refractivity contribution is 1.18. The van der Waals surface area contributed by atoms with E-state index in [1.165, 1.54) is 76.6 Å². The first-order valence-corrected chi connectivity index (χ1v) is 20.9. The van der Waals surface area contributed by atoms with Crippen molar-refractivity contribution in [3.8, 4) is 33.6 Å². The van der Waals surface area contributed by atoms with E-state index in [1.54, 1.807) is 0 Å². The quantitative estimate of drug-likeness (QED) is 0.157. The molecule has 0 atom stereocenters. The topological polar surface area (TPSA) is 13.1 Å². The number of hydrogen-bond donors (Lipinski definition) is 0. The predicted octanol–water partition coefficient (Wildman–Crippen LogP) is 15.8. The summed E-state index contributed by atoms with van der Waals surface area (Å²) in [5.41, 5.74) is 15.2. The van der Waals surface area contributed by atoms with Gasteiger partial charge in [0.2, 0.25) is 0 Å². The number of para-hydroxylation sites is 3. The van der Waals surface area contributed by atoms with Crippen molar-refractivity contribution in [1.29, 1.82) is 0 Å². The SMILES string of the molecule is c1ccc(-c2ccc(N(c3cccc(-c4ccccc4)c3)c3ccc4cc(-n5c6ccccc6c6ccc7c(c8ccccc8n7-c7ccccc7)c65)ccc4c3)cc2)cc1. The van der Waals surface area contributed by atoms with Crippen LogP contribution in [0.2, 0.25) is 0 Å². The van der Waals surface area contributed by atoms with Crippen LogP contribution in [0.5, 0.6) is 0 Å². The number of rotatable bonds is 7. The third-order valence-electron chi connectivity index (χ3n) is 12.3. The highest BCUT2D eigenvalue weighted by Gasteiger charge is 2.21. The minimum Gasteiger partial charge on any atom is -0.310 e. The summed E-state index contributed by atoms with van der Waals surface area (Å²) in [6.07, 6.45) is 0. The van der Waals surface area contributed by atoms with E-state index in [2.05, 4.69) is 251 Å². The molecular formula is C58H39N3. The molecule has 2 heterocycles. The van der Waals surface area contributed by atoms with E-state index in [0.29, 0.717) is 0 Å². The fourth-order valence-corrected chi connectivity index (χ4v) is 9.47. The Kier molecular flexibility index (Phi) is 8.17. The van der Waals surface area contributed by atoms with Gasteiger partial charge < -0.3 is 14.0 Å². The predicted molar refractivity (Wildman–Crippen MR) is 258 cm³/mol. The van der Waals surface area contributed by atoms with Gasteiger partial charge in [-0.2, -0.15) is 0 Å². The van der Waals surface area contributed by atoms with E-state index in [1.807, 2.05) is 0 Å². The van der Waals surface area contributed by atoms with Crippen LogP contribution in [-0.4, -0.2) is 9.13 Å². The molecule has 12 aromatic rings. The number of benzene rings is 10. The zero-order valence-corrected chi connectivity index (χ0v) is 33.4. The van der Waals surface area contributed by atoms with Crippen molar-refractivity contribution in [2.24, 2.45) is 0 Å². The minimum atomic E-state index is 1.10. The summed E-state index contributed by atoms with van der Waals surface area (Å²) >= 11 is 0. The van der Waals surface area contributed by atoms with E-state index >= 15 is 0 Å². The largest absolute Gasteiger partial charge is 0.310 e. The van der Waals surface area contributed by atoms with Crippen LogP contribution >= 0.6 is 0 Å². The van der Waals surface area contributed by atoms with E-state index in [4.69, 9.17) is 0 Å². The Hall–Kier alpha value is -8.14. The molecule has 0 fully saturated rings. The summed E-state index contributed by atoms with van der Waals surface area (Å²) in [6.45, 7) is 0. The second-order valence-corrected chi connectivity index (χ2v) is 15.8. The van der Waals surface area contributed by atoms with Gasteiger partial charge in [-0.3, -0.25) is 0 Å². The van der Waals surface area contributed by atoms with Crippen molar-refractivity contribution in [3.63, 3.8) is 0 Å². The maximum atomic E-state index is 2.48. The second kappa shape index (κ2) is 14.3. The lowest BCUT2D eigenvalue weighted by Crippen LogP contribution is -2.10. The number of hydrogen-bond acceptors (Lipinski definition) is 1. The molecule has 0 saturated heterocycles. The third-order valence-corrected chi connectivity index (χ3v) is 12.3. The van der Waals surface area contributed by atoms with Crippen LogP contribution in [0.4, 0.5) is 17.1 Å². The van der Waals surface area contributed by atoms with Crippen LogP contribution in [0.25, 0.3) is 88.0 Å². The number of aromatic nitrogens is 2. The fraction of sp³-hybridized carbons (Fsp3) is 0. The normalized spacial score (nSPS) is 11.6. The van der Waals surface area contributed by atoms with Crippen molar-refractivity contribution < 1.29 is 0 Å². The van der Waals surface area contributed by atoms with Gasteiger partial charge in [-0.1, -0.05) is 158 Å². The van der Waals surface area contributed by atoms with Gasteiger partial charge in [0.05, 0.1) is 22.1 Å². The summed E-state index contributed by atoms with van der Waals surface area (Å²) in [7, 11) is 0. The molecule has 0 aliphatic rings. The highest BCUT2D eigenvalue weighted by Crippen LogP contribution is 2.43. The monoisotopic (exact) mass is 777 g/mol. The molecule has 61 heavy (non-hydrogen) atoms. The van der Waals surface area contributed by atoms with Gasteiger partial charge in [-0.05, 0) is 112 Å². The third kappa shape index (κ3) is 5.82. The van der Waals surface area contributed by atoms with Gasteiger partial charge in [0.25, 0.3) is 0 Å². The molecular weight excluding hydrogens is 739 g/mol. The van der Waals surface area contributed by atoms with Gasteiger partial charge >= 0.3 is 0 Å². The molecule has 0 N–H and O–H groups in total. The van der Waals surface area contributed by atoms with Crippen molar-refractivity contribution >= 4 is 71.4 Å². The summed E-state index contributed by atoms with van der Waals surface area (Å²) in [6, 6.07) is 85.8. The first kappa shape index (κ1) is 34.9. The molecule has 0 amide bonds. The number of anilines is 3. The molecule has 0 spiro atoms. The van der Waals surface area contributed by atoms with Gasteiger partial charge in [-0.25, -0.2) is 0 Å². The second-order valence-electron chi connectivity index (χ2n) is 15.8. The molecule has 3 heteroatoms. The molecule has 2 aromatic heterocycles. The fourth-order valence-electron chi connectivity index (χ4n) is 9.47. The molecule has 0 radical (unpaired) electrons. The highest BCUT2D eigenvalue weighted by atomic mass is 15.1. The van der Waals surface area contributed by atoms with E-state index < -0.39 is 0 Å². The van der Waals surface area contributed by atoms with Crippen molar-refractivity contribution in [2.45, 2.75) is 0 Å². The summed E-state index contributed by atoms with van der Waals surface area (Å²) < 4.78 is 4.89. The number of nitrogens with zero attached hydrogens (tertiary/aromatic N) is 3. The number of fused-ring (bicyclic) bond motifs is 8. The molecule has 0 unspecified atom stereocenters. The molecule has 0 saturated carbocycles. The molecule has 0 bridgehead atoms. The summed E-state index contributed by atoms with van der Waals surface area (Å²) in [5.74, 6) is 0. The first-order chi connectivity index (χ1) is 30.3. The maximum Gasteiger partial charge on any atom is 0.0641 e. The van der Waals surface area contributed by atoms with Gasteiger partial charge in [-0.15, -0.1) is 0 Å². The minimum absolute atomic E-state index is 1.10. The van der Waals surface area contributed by atoms with E-state index in [-0.39, 0.29) is 0 Å². The van der Waals surface area contributed by atoms with Crippen LogP contribution in [-0.2, 0) is 0 Å². The Morgan fingerprint density at radius 3 is 1.59 bits per heavy atom. The zero-order chi connectivity index (χ0) is 40.3. The van der Waals surface area contributed by atoms with Crippen LogP contribution < -0.4 is 4.90 Å². The van der Waals surface area contributed by atoms with Crippen LogP contribution in [0, 0.1) is 0 Å². The summed E-state index contributed by atoms with van der Waals surface area (Å²) in [5, 5.41) is 7.37. The zero-order valence-electron chi connectivity index (χ0n) is 33.4. The molecule has 12 rings (SSSR count). The lowest BCUT2D eigenvalue weighted by atomic mass is 10.0.